The summed E-state index contributed by atoms with van der Waals surface area (Å²) in [4.78, 5) is 2.53. The van der Waals surface area contributed by atoms with Gasteiger partial charge in [0.15, 0.2) is 0 Å². The predicted octanol–water partition coefficient (Wildman–Crippen LogP) is 4.14. The molecule has 1 aliphatic heterocycles. The Balaban J connectivity index is 2.31. The van der Waals surface area contributed by atoms with E-state index in [1.54, 1.807) is 0 Å². The van der Waals surface area contributed by atoms with E-state index < -0.39 is 0 Å². The molecule has 16 heavy (non-hydrogen) atoms. The SMILES string of the molecule is CC1=CCC(c2ccccc2)N1C(C)(C)C. The van der Waals surface area contributed by atoms with Crippen LogP contribution in [0.1, 0.15) is 45.7 Å². The molecule has 0 radical (unpaired) electrons. The molecule has 1 aromatic carbocycles. The van der Waals surface area contributed by atoms with Gasteiger partial charge in [0.2, 0.25) is 0 Å². The summed E-state index contributed by atoms with van der Waals surface area (Å²) in [6, 6.07) is 11.3. The first-order chi connectivity index (χ1) is 7.50. The summed E-state index contributed by atoms with van der Waals surface area (Å²) >= 11 is 0. The van der Waals surface area contributed by atoms with Gasteiger partial charge < -0.3 is 4.90 Å². The standard InChI is InChI=1S/C15H21N/c1-12-10-11-14(16(12)15(2,3)4)13-8-6-5-7-9-13/h5-10,14H,11H2,1-4H3. The molecule has 0 spiro atoms. The molecule has 1 aliphatic rings. The van der Waals surface area contributed by atoms with Gasteiger partial charge in [-0.2, -0.15) is 0 Å². The van der Waals surface area contributed by atoms with Crippen LogP contribution < -0.4 is 0 Å². The van der Waals surface area contributed by atoms with E-state index in [0.29, 0.717) is 6.04 Å². The van der Waals surface area contributed by atoms with Crippen molar-refractivity contribution < 1.29 is 0 Å². The zero-order valence-corrected chi connectivity index (χ0v) is 10.7. The molecule has 1 heteroatoms. The van der Waals surface area contributed by atoms with E-state index in [9.17, 15) is 0 Å². The summed E-state index contributed by atoms with van der Waals surface area (Å²) < 4.78 is 0. The van der Waals surface area contributed by atoms with Crippen LogP contribution in [0.4, 0.5) is 0 Å². The van der Waals surface area contributed by atoms with Gasteiger partial charge in [-0.1, -0.05) is 36.4 Å². The smallest absolute Gasteiger partial charge is 0.0579 e. The highest BCUT2D eigenvalue weighted by Gasteiger charge is 2.32. The lowest BCUT2D eigenvalue weighted by molar-refractivity contribution is 0.144. The number of nitrogens with zero attached hydrogens (tertiary/aromatic N) is 1. The fourth-order valence-electron chi connectivity index (χ4n) is 2.69. The summed E-state index contributed by atoms with van der Waals surface area (Å²) in [7, 11) is 0. The average molecular weight is 215 g/mol. The fraction of sp³-hybridized carbons (Fsp3) is 0.467. The second-order valence-corrected chi connectivity index (χ2v) is 5.55. The topological polar surface area (TPSA) is 3.24 Å². The molecule has 0 N–H and O–H groups in total. The Morgan fingerprint density at radius 2 is 1.75 bits per heavy atom. The summed E-state index contributed by atoms with van der Waals surface area (Å²) in [5.41, 5.74) is 3.02. The molecule has 1 unspecified atom stereocenters. The summed E-state index contributed by atoms with van der Waals surface area (Å²) in [6.07, 6.45) is 3.48. The van der Waals surface area contributed by atoms with Crippen LogP contribution in [0, 0.1) is 0 Å². The Bertz CT molecular complexity index is 384. The molecule has 0 saturated heterocycles. The number of allylic oxidation sites excluding steroid dienone is 1. The summed E-state index contributed by atoms with van der Waals surface area (Å²) in [5.74, 6) is 0. The van der Waals surface area contributed by atoms with Gasteiger partial charge in [0.25, 0.3) is 0 Å². The Morgan fingerprint density at radius 3 is 2.31 bits per heavy atom. The van der Waals surface area contributed by atoms with Crippen molar-refractivity contribution in [3.8, 4) is 0 Å². The van der Waals surface area contributed by atoms with Crippen molar-refractivity contribution >= 4 is 0 Å². The quantitative estimate of drug-likeness (QED) is 0.680. The lowest BCUT2D eigenvalue weighted by atomic mass is 9.98. The van der Waals surface area contributed by atoms with E-state index in [1.165, 1.54) is 11.3 Å². The third-order valence-corrected chi connectivity index (χ3v) is 3.24. The largest absolute Gasteiger partial charge is 0.363 e. The maximum atomic E-state index is 2.53. The molecule has 1 heterocycles. The Hall–Kier alpha value is -1.24. The number of hydrogen-bond acceptors (Lipinski definition) is 1. The molecule has 0 aromatic heterocycles. The van der Waals surface area contributed by atoms with E-state index in [-0.39, 0.29) is 5.54 Å². The van der Waals surface area contributed by atoms with Gasteiger partial charge in [0.1, 0.15) is 0 Å². The predicted molar refractivity (Wildman–Crippen MR) is 69.1 cm³/mol. The molecule has 1 atom stereocenters. The summed E-state index contributed by atoms with van der Waals surface area (Å²) in [6.45, 7) is 9.07. The second kappa shape index (κ2) is 3.97. The van der Waals surface area contributed by atoms with Crippen LogP contribution in [0.2, 0.25) is 0 Å². The van der Waals surface area contributed by atoms with Gasteiger partial charge in [-0.05, 0) is 39.7 Å². The van der Waals surface area contributed by atoms with Crippen molar-refractivity contribution in [2.45, 2.75) is 45.7 Å². The minimum atomic E-state index is 0.192. The van der Waals surface area contributed by atoms with Crippen LogP contribution in [0.15, 0.2) is 42.1 Å². The number of rotatable bonds is 1. The Kier molecular flexibility index (Phi) is 2.79. The van der Waals surface area contributed by atoms with Crippen molar-refractivity contribution in [2.24, 2.45) is 0 Å². The monoisotopic (exact) mass is 215 g/mol. The lowest BCUT2D eigenvalue weighted by Crippen LogP contribution is -2.40. The van der Waals surface area contributed by atoms with Crippen LogP contribution in [0.3, 0.4) is 0 Å². The van der Waals surface area contributed by atoms with Gasteiger partial charge >= 0.3 is 0 Å². The van der Waals surface area contributed by atoms with Crippen molar-refractivity contribution in [3.63, 3.8) is 0 Å². The fourth-order valence-corrected chi connectivity index (χ4v) is 2.69. The third kappa shape index (κ3) is 1.99. The van der Waals surface area contributed by atoms with Crippen LogP contribution in [-0.2, 0) is 0 Å². The highest BCUT2D eigenvalue weighted by atomic mass is 15.2. The molecular weight excluding hydrogens is 194 g/mol. The van der Waals surface area contributed by atoms with E-state index in [1.807, 2.05) is 0 Å². The lowest BCUT2D eigenvalue weighted by Gasteiger charge is -2.41. The van der Waals surface area contributed by atoms with E-state index >= 15 is 0 Å². The molecule has 1 aromatic rings. The van der Waals surface area contributed by atoms with Crippen LogP contribution >= 0.6 is 0 Å². The molecule has 86 valence electrons. The van der Waals surface area contributed by atoms with Crippen LogP contribution in [0.25, 0.3) is 0 Å². The van der Waals surface area contributed by atoms with Gasteiger partial charge in [0.05, 0.1) is 6.04 Å². The van der Waals surface area contributed by atoms with Crippen LogP contribution in [-0.4, -0.2) is 10.4 Å². The molecule has 0 bridgehead atoms. The molecular formula is C15H21N. The normalized spacial score (nSPS) is 21.1. The van der Waals surface area contributed by atoms with Gasteiger partial charge in [-0.25, -0.2) is 0 Å². The molecule has 0 fully saturated rings. The van der Waals surface area contributed by atoms with Crippen molar-refractivity contribution in [3.05, 3.63) is 47.7 Å². The summed E-state index contributed by atoms with van der Waals surface area (Å²) in [5, 5.41) is 0. The zero-order valence-electron chi connectivity index (χ0n) is 10.7. The van der Waals surface area contributed by atoms with Crippen LogP contribution in [0.5, 0.6) is 0 Å². The van der Waals surface area contributed by atoms with Crippen molar-refractivity contribution in [1.29, 1.82) is 0 Å². The zero-order chi connectivity index (χ0) is 11.8. The molecule has 1 nitrogen and oxygen atoms in total. The van der Waals surface area contributed by atoms with E-state index in [4.69, 9.17) is 0 Å². The van der Waals surface area contributed by atoms with Gasteiger partial charge in [-0.15, -0.1) is 0 Å². The van der Waals surface area contributed by atoms with Gasteiger partial charge in [-0.3, -0.25) is 0 Å². The van der Waals surface area contributed by atoms with Crippen molar-refractivity contribution in [2.75, 3.05) is 0 Å². The van der Waals surface area contributed by atoms with E-state index in [0.717, 1.165) is 6.42 Å². The van der Waals surface area contributed by atoms with Crippen molar-refractivity contribution in [1.82, 2.24) is 4.90 Å². The molecule has 0 saturated carbocycles. The van der Waals surface area contributed by atoms with Gasteiger partial charge in [0, 0.05) is 11.2 Å². The number of hydrogen-bond donors (Lipinski definition) is 0. The minimum Gasteiger partial charge on any atom is -0.363 e. The highest BCUT2D eigenvalue weighted by Crippen LogP contribution is 2.39. The van der Waals surface area contributed by atoms with E-state index in [2.05, 4.69) is 69.0 Å². The Labute approximate surface area is 98.8 Å². The highest BCUT2D eigenvalue weighted by molar-refractivity contribution is 5.26. The average Bonchev–Trinajstić information content (AvgIpc) is 2.61. The second-order valence-electron chi connectivity index (χ2n) is 5.55. The molecule has 2 rings (SSSR count). The first-order valence-electron chi connectivity index (χ1n) is 6.01. The first-order valence-corrected chi connectivity index (χ1v) is 6.01. The molecule has 0 amide bonds. The maximum absolute atomic E-state index is 2.53. The first kappa shape index (κ1) is 11.3. The number of benzene rings is 1. The molecule has 0 aliphatic carbocycles. The minimum absolute atomic E-state index is 0.192. The Morgan fingerprint density at radius 1 is 1.12 bits per heavy atom. The maximum Gasteiger partial charge on any atom is 0.0579 e. The third-order valence-electron chi connectivity index (χ3n) is 3.24.